The van der Waals surface area contributed by atoms with Crippen molar-refractivity contribution >= 4 is 23.0 Å². The number of nitro benzene ring substituents is 1. The molecule has 6 heteroatoms. The van der Waals surface area contributed by atoms with Gasteiger partial charge >= 0.3 is 0 Å². The first-order chi connectivity index (χ1) is 9.08. The second-order valence-corrected chi connectivity index (χ2v) is 4.45. The number of halogens is 1. The van der Waals surface area contributed by atoms with Crippen molar-refractivity contribution in [1.82, 2.24) is 4.98 Å². The van der Waals surface area contributed by atoms with Crippen LogP contribution in [0.1, 0.15) is 18.7 Å². The van der Waals surface area contributed by atoms with Crippen molar-refractivity contribution in [2.45, 2.75) is 13.0 Å². The van der Waals surface area contributed by atoms with E-state index in [9.17, 15) is 10.1 Å². The van der Waals surface area contributed by atoms with Gasteiger partial charge in [-0.2, -0.15) is 0 Å². The van der Waals surface area contributed by atoms with Gasteiger partial charge in [-0.05, 0) is 31.2 Å². The zero-order valence-corrected chi connectivity index (χ0v) is 11.0. The predicted molar refractivity (Wildman–Crippen MR) is 74.4 cm³/mol. The number of nitro groups is 1. The highest BCUT2D eigenvalue weighted by Crippen LogP contribution is 2.28. The number of rotatable bonds is 4. The largest absolute Gasteiger partial charge is 0.377 e. The van der Waals surface area contributed by atoms with E-state index in [2.05, 4.69) is 10.3 Å². The molecule has 0 radical (unpaired) electrons. The fraction of sp³-hybridized carbons (Fsp3) is 0.154. The molecule has 1 unspecified atom stereocenters. The van der Waals surface area contributed by atoms with Crippen LogP contribution in [0.4, 0.5) is 11.4 Å². The van der Waals surface area contributed by atoms with Crippen molar-refractivity contribution in [2.75, 3.05) is 5.32 Å². The molecule has 2 aromatic rings. The molecule has 0 saturated heterocycles. The average molecular weight is 278 g/mol. The average Bonchev–Trinajstić information content (AvgIpc) is 2.39. The highest BCUT2D eigenvalue weighted by atomic mass is 35.5. The Morgan fingerprint density at radius 2 is 2.16 bits per heavy atom. The van der Waals surface area contributed by atoms with Gasteiger partial charge in [0.05, 0.1) is 16.7 Å². The minimum Gasteiger partial charge on any atom is -0.377 e. The molecule has 0 spiro atoms. The topological polar surface area (TPSA) is 68.1 Å². The van der Waals surface area contributed by atoms with E-state index in [1.54, 1.807) is 18.3 Å². The summed E-state index contributed by atoms with van der Waals surface area (Å²) in [6.07, 6.45) is 1.72. The van der Waals surface area contributed by atoms with Gasteiger partial charge in [0.15, 0.2) is 0 Å². The number of nitrogens with zero attached hydrogens (tertiary/aromatic N) is 2. The van der Waals surface area contributed by atoms with Crippen molar-refractivity contribution in [3.63, 3.8) is 0 Å². The van der Waals surface area contributed by atoms with E-state index in [0.717, 1.165) is 5.69 Å². The van der Waals surface area contributed by atoms with Gasteiger partial charge in [0, 0.05) is 18.0 Å². The van der Waals surface area contributed by atoms with Gasteiger partial charge in [-0.15, -0.1) is 0 Å². The minimum atomic E-state index is -0.506. The SMILES string of the molecule is CC(Nc1ccc([N+](=O)[O-])c(Cl)c1)c1ccccn1. The van der Waals surface area contributed by atoms with E-state index < -0.39 is 4.92 Å². The van der Waals surface area contributed by atoms with Gasteiger partial charge < -0.3 is 5.32 Å². The molecule has 98 valence electrons. The number of hydrogen-bond donors (Lipinski definition) is 1. The molecule has 0 fully saturated rings. The lowest BCUT2D eigenvalue weighted by Crippen LogP contribution is -2.08. The Morgan fingerprint density at radius 1 is 1.37 bits per heavy atom. The van der Waals surface area contributed by atoms with Crippen molar-refractivity contribution in [3.05, 3.63) is 63.4 Å². The van der Waals surface area contributed by atoms with Crippen LogP contribution in [0.5, 0.6) is 0 Å². The molecule has 0 saturated carbocycles. The molecule has 0 amide bonds. The summed E-state index contributed by atoms with van der Waals surface area (Å²) < 4.78 is 0. The lowest BCUT2D eigenvalue weighted by atomic mass is 10.2. The van der Waals surface area contributed by atoms with E-state index in [-0.39, 0.29) is 16.8 Å². The van der Waals surface area contributed by atoms with Gasteiger partial charge in [0.2, 0.25) is 0 Å². The first-order valence-electron chi connectivity index (χ1n) is 5.69. The molecule has 0 aliphatic rings. The van der Waals surface area contributed by atoms with Gasteiger partial charge in [-0.1, -0.05) is 17.7 Å². The quantitative estimate of drug-likeness (QED) is 0.681. The summed E-state index contributed by atoms with van der Waals surface area (Å²) in [5.41, 5.74) is 1.50. The zero-order chi connectivity index (χ0) is 13.8. The summed E-state index contributed by atoms with van der Waals surface area (Å²) in [4.78, 5) is 14.4. The van der Waals surface area contributed by atoms with Crippen LogP contribution in [-0.2, 0) is 0 Å². The monoisotopic (exact) mass is 277 g/mol. The van der Waals surface area contributed by atoms with Crippen molar-refractivity contribution in [1.29, 1.82) is 0 Å². The Bertz CT molecular complexity index is 590. The van der Waals surface area contributed by atoms with Crippen LogP contribution < -0.4 is 5.32 Å². The molecule has 2 rings (SSSR count). The molecular formula is C13H12ClN3O2. The van der Waals surface area contributed by atoms with Crippen LogP contribution in [0, 0.1) is 10.1 Å². The van der Waals surface area contributed by atoms with Gasteiger partial charge in [-0.3, -0.25) is 15.1 Å². The number of hydrogen-bond acceptors (Lipinski definition) is 4. The molecule has 0 aliphatic heterocycles. The number of aromatic nitrogens is 1. The summed E-state index contributed by atoms with van der Waals surface area (Å²) in [6, 6.07) is 10.2. The van der Waals surface area contributed by atoms with E-state index in [4.69, 9.17) is 11.6 Å². The van der Waals surface area contributed by atoms with Crippen LogP contribution in [0.2, 0.25) is 5.02 Å². The van der Waals surface area contributed by atoms with Crippen molar-refractivity contribution in [2.24, 2.45) is 0 Å². The molecule has 1 N–H and O–H groups in total. The molecule has 0 bridgehead atoms. The van der Waals surface area contributed by atoms with Gasteiger partial charge in [0.1, 0.15) is 5.02 Å². The fourth-order valence-corrected chi connectivity index (χ4v) is 1.95. The maximum Gasteiger partial charge on any atom is 0.288 e. The Kier molecular flexibility index (Phi) is 3.97. The smallest absolute Gasteiger partial charge is 0.288 e. The summed E-state index contributed by atoms with van der Waals surface area (Å²) in [7, 11) is 0. The van der Waals surface area contributed by atoms with Crippen LogP contribution in [0.15, 0.2) is 42.6 Å². The molecule has 1 atom stereocenters. The third kappa shape index (κ3) is 3.20. The maximum atomic E-state index is 10.7. The van der Waals surface area contributed by atoms with E-state index in [1.807, 2.05) is 25.1 Å². The normalized spacial score (nSPS) is 11.9. The lowest BCUT2D eigenvalue weighted by molar-refractivity contribution is -0.384. The summed E-state index contributed by atoms with van der Waals surface area (Å²) in [6.45, 7) is 1.96. The highest BCUT2D eigenvalue weighted by molar-refractivity contribution is 6.32. The Labute approximate surface area is 115 Å². The summed E-state index contributed by atoms with van der Waals surface area (Å²) in [5.74, 6) is 0. The fourth-order valence-electron chi connectivity index (χ4n) is 1.70. The minimum absolute atomic E-state index is 0.0151. The van der Waals surface area contributed by atoms with E-state index >= 15 is 0 Å². The number of anilines is 1. The second kappa shape index (κ2) is 5.67. The summed E-state index contributed by atoms with van der Waals surface area (Å²) >= 11 is 5.86. The van der Waals surface area contributed by atoms with Crippen LogP contribution >= 0.6 is 11.6 Å². The third-order valence-electron chi connectivity index (χ3n) is 2.66. The summed E-state index contributed by atoms with van der Waals surface area (Å²) in [5, 5.41) is 14.0. The van der Waals surface area contributed by atoms with Crippen LogP contribution in [-0.4, -0.2) is 9.91 Å². The standard InChI is InChI=1S/C13H12ClN3O2/c1-9(12-4-2-3-7-15-12)16-10-5-6-13(17(18)19)11(14)8-10/h2-9,16H,1H3. The van der Waals surface area contributed by atoms with E-state index in [0.29, 0.717) is 5.69 Å². The molecule has 1 aromatic heterocycles. The van der Waals surface area contributed by atoms with Crippen LogP contribution in [0.3, 0.4) is 0 Å². The molecule has 19 heavy (non-hydrogen) atoms. The zero-order valence-electron chi connectivity index (χ0n) is 10.2. The third-order valence-corrected chi connectivity index (χ3v) is 2.96. The second-order valence-electron chi connectivity index (χ2n) is 4.04. The number of pyridine rings is 1. The van der Waals surface area contributed by atoms with Crippen molar-refractivity contribution < 1.29 is 4.92 Å². The Morgan fingerprint density at radius 3 is 2.74 bits per heavy atom. The maximum absolute atomic E-state index is 10.7. The Balaban J connectivity index is 2.16. The van der Waals surface area contributed by atoms with E-state index in [1.165, 1.54) is 6.07 Å². The van der Waals surface area contributed by atoms with Crippen LogP contribution in [0.25, 0.3) is 0 Å². The molecule has 0 aliphatic carbocycles. The molecule has 1 aromatic carbocycles. The number of benzene rings is 1. The first kappa shape index (κ1) is 13.3. The first-order valence-corrected chi connectivity index (χ1v) is 6.07. The predicted octanol–water partition coefficient (Wildman–Crippen LogP) is 3.82. The lowest BCUT2D eigenvalue weighted by Gasteiger charge is -2.14. The Hall–Kier alpha value is -2.14. The molecule has 5 nitrogen and oxygen atoms in total. The molecular weight excluding hydrogens is 266 g/mol. The van der Waals surface area contributed by atoms with Crippen molar-refractivity contribution in [3.8, 4) is 0 Å². The van der Waals surface area contributed by atoms with Gasteiger partial charge in [0.25, 0.3) is 5.69 Å². The highest BCUT2D eigenvalue weighted by Gasteiger charge is 2.13. The molecule has 1 heterocycles. The number of nitrogens with one attached hydrogen (secondary N) is 1. The van der Waals surface area contributed by atoms with Gasteiger partial charge in [-0.25, -0.2) is 0 Å².